The molecule has 0 bridgehead atoms. The number of benzene rings is 1. The van der Waals surface area contributed by atoms with Crippen molar-refractivity contribution in [1.82, 2.24) is 15.2 Å². The number of aliphatic hydroxyl groups is 2. The van der Waals surface area contributed by atoms with Crippen LogP contribution in [0, 0.1) is 4.91 Å². The fourth-order valence-corrected chi connectivity index (χ4v) is 6.42. The molecule has 1 saturated heterocycles. The average molecular weight is 474 g/mol. The first-order valence-corrected chi connectivity index (χ1v) is 12.8. The van der Waals surface area contributed by atoms with Crippen LogP contribution in [0.4, 0.5) is 0 Å². The summed E-state index contributed by atoms with van der Waals surface area (Å²) in [5.41, 5.74) is 0.182. The predicted molar refractivity (Wildman–Crippen MR) is 130 cm³/mol. The lowest BCUT2D eigenvalue weighted by Crippen LogP contribution is -2.59. The van der Waals surface area contributed by atoms with Crippen LogP contribution >= 0.6 is 0 Å². The third-order valence-electron chi connectivity index (χ3n) is 8.76. The maximum atomic E-state index is 13.5. The Kier molecular flexibility index (Phi) is 7.31. The Labute approximate surface area is 202 Å². The molecule has 1 spiro atoms. The summed E-state index contributed by atoms with van der Waals surface area (Å²) in [5.74, 6) is -0.132. The Morgan fingerprint density at radius 2 is 1.82 bits per heavy atom. The SMILES string of the molecule is CN(C)C1(c2ccccc2)CCC2(CC1)C[C@@H](CCC(=O)NCCO)[N+](=O)N2CC1(O)CCC1. The number of nitrogens with zero attached hydrogens (tertiary/aromatic N) is 3. The van der Waals surface area contributed by atoms with E-state index in [1.54, 1.807) is 0 Å². The Morgan fingerprint density at radius 3 is 2.38 bits per heavy atom. The summed E-state index contributed by atoms with van der Waals surface area (Å²) in [6.45, 7) is 0.525. The van der Waals surface area contributed by atoms with E-state index < -0.39 is 5.60 Å². The molecule has 34 heavy (non-hydrogen) atoms. The van der Waals surface area contributed by atoms with Crippen LogP contribution in [-0.4, -0.2) is 81.9 Å². The molecule has 2 aliphatic carbocycles. The Balaban J connectivity index is 1.53. The normalized spacial score (nSPS) is 30.6. The van der Waals surface area contributed by atoms with Crippen molar-refractivity contribution in [2.24, 2.45) is 0 Å². The van der Waals surface area contributed by atoms with Gasteiger partial charge >= 0.3 is 0 Å². The number of hydrogen-bond donors (Lipinski definition) is 3. The molecule has 3 fully saturated rings. The predicted octanol–water partition coefficient (Wildman–Crippen LogP) is 2.33. The van der Waals surface area contributed by atoms with Crippen molar-refractivity contribution in [3.8, 4) is 0 Å². The van der Waals surface area contributed by atoms with Gasteiger partial charge in [0, 0.05) is 31.3 Å². The fourth-order valence-electron chi connectivity index (χ4n) is 6.42. The minimum atomic E-state index is -0.779. The van der Waals surface area contributed by atoms with Crippen molar-refractivity contribution >= 4 is 5.91 Å². The van der Waals surface area contributed by atoms with Crippen LogP contribution in [0.25, 0.3) is 0 Å². The van der Waals surface area contributed by atoms with Crippen molar-refractivity contribution in [3.63, 3.8) is 0 Å². The van der Waals surface area contributed by atoms with E-state index >= 15 is 0 Å². The molecule has 2 saturated carbocycles. The lowest BCUT2D eigenvalue weighted by atomic mass is 9.66. The second-order valence-electron chi connectivity index (χ2n) is 10.9. The summed E-state index contributed by atoms with van der Waals surface area (Å²) in [4.78, 5) is 29.1. The van der Waals surface area contributed by atoms with Crippen LogP contribution in [0.2, 0.25) is 0 Å². The maximum absolute atomic E-state index is 13.5. The topological polar surface area (TPSA) is 96.1 Å². The molecule has 3 N–H and O–H groups in total. The van der Waals surface area contributed by atoms with Gasteiger partial charge in [-0.25, -0.2) is 0 Å². The van der Waals surface area contributed by atoms with Crippen LogP contribution in [0.3, 0.4) is 0 Å². The Morgan fingerprint density at radius 1 is 1.15 bits per heavy atom. The van der Waals surface area contributed by atoms with Crippen molar-refractivity contribution in [1.29, 1.82) is 0 Å². The van der Waals surface area contributed by atoms with Crippen LogP contribution in [0.1, 0.15) is 69.8 Å². The van der Waals surface area contributed by atoms with E-state index in [0.717, 1.165) is 56.2 Å². The smallest absolute Gasteiger partial charge is 0.237 e. The standard InChI is InChI=1S/C26H40N4O4/c1-28(2)26(21-7-4-3-5-8-21)15-13-24(14-16-26)19-22(9-10-23(32)27-17-18-31)30(34)29(24)20-25(33)11-6-12-25/h3-5,7-8,22,31,33H,6,9-20H2,1-2H3/p+1/t22-,24?,26?/m1/s1. The molecular formula is C26H41N4O4+. The zero-order chi connectivity index (χ0) is 24.4. The van der Waals surface area contributed by atoms with Gasteiger partial charge in [-0.1, -0.05) is 30.3 Å². The molecular weight excluding hydrogens is 432 g/mol. The highest BCUT2D eigenvalue weighted by molar-refractivity contribution is 5.75. The zero-order valence-corrected chi connectivity index (χ0v) is 20.7. The highest BCUT2D eigenvalue weighted by atomic mass is 16.3. The first-order chi connectivity index (χ1) is 16.2. The number of carbonyl (C=O) groups is 1. The van der Waals surface area contributed by atoms with Gasteiger partial charge in [-0.05, 0) is 64.6 Å². The van der Waals surface area contributed by atoms with Crippen molar-refractivity contribution in [3.05, 3.63) is 40.8 Å². The number of aliphatic hydroxyl groups excluding tert-OH is 1. The van der Waals surface area contributed by atoms with Gasteiger partial charge < -0.3 is 15.5 Å². The van der Waals surface area contributed by atoms with Gasteiger partial charge in [-0.15, -0.1) is 5.01 Å². The highest BCUT2D eigenvalue weighted by Crippen LogP contribution is 2.52. The van der Waals surface area contributed by atoms with Crippen molar-refractivity contribution in [2.45, 2.75) is 86.9 Å². The van der Waals surface area contributed by atoms with Gasteiger partial charge in [-0.3, -0.25) is 9.69 Å². The monoisotopic (exact) mass is 473 g/mol. The summed E-state index contributed by atoms with van der Waals surface area (Å²) in [6, 6.07) is 10.4. The molecule has 1 aliphatic heterocycles. The molecule has 3 aliphatic rings. The molecule has 1 amide bonds. The van der Waals surface area contributed by atoms with Gasteiger partial charge in [0.05, 0.1) is 17.1 Å². The minimum absolute atomic E-state index is 0.0679. The molecule has 0 radical (unpaired) electrons. The third kappa shape index (κ3) is 4.72. The summed E-state index contributed by atoms with van der Waals surface area (Å²) in [6.07, 6.45) is 7.59. The number of nitroso groups, excluding NO2 is 1. The third-order valence-corrected chi connectivity index (χ3v) is 8.76. The number of carbonyl (C=O) groups excluding carboxylic acids is 1. The molecule has 8 nitrogen and oxygen atoms in total. The first-order valence-electron chi connectivity index (χ1n) is 12.8. The number of β-amino-alcohol motifs (C(OH)–C–C–N with tert-alkyl or cyclic N) is 1. The largest absolute Gasteiger partial charge is 0.395 e. The highest BCUT2D eigenvalue weighted by Gasteiger charge is 2.62. The molecule has 4 rings (SSSR count). The van der Waals surface area contributed by atoms with Gasteiger partial charge in [0.2, 0.25) is 11.9 Å². The number of rotatable bonds is 9. The van der Waals surface area contributed by atoms with Crippen LogP contribution in [0.5, 0.6) is 0 Å². The lowest BCUT2D eigenvalue weighted by molar-refractivity contribution is -0.725. The molecule has 0 unspecified atom stereocenters. The maximum Gasteiger partial charge on any atom is 0.237 e. The number of hydrogen-bond acceptors (Lipinski definition) is 5. The van der Waals surface area contributed by atoms with E-state index in [2.05, 4.69) is 48.6 Å². The van der Waals surface area contributed by atoms with Gasteiger partial charge in [0.15, 0.2) is 0 Å². The van der Waals surface area contributed by atoms with Gasteiger partial charge in [-0.2, -0.15) is 0 Å². The van der Waals surface area contributed by atoms with E-state index in [4.69, 9.17) is 5.11 Å². The number of nitrogens with one attached hydrogen (secondary N) is 1. The summed E-state index contributed by atoms with van der Waals surface area (Å²) >= 11 is 0. The molecule has 0 aromatic heterocycles. The quantitative estimate of drug-likeness (QED) is 0.477. The zero-order valence-electron chi connectivity index (χ0n) is 20.7. The van der Waals surface area contributed by atoms with E-state index in [9.17, 15) is 14.8 Å². The molecule has 1 heterocycles. The number of hydrazine groups is 1. The Hall–Kier alpha value is -2.03. The molecule has 8 heteroatoms. The van der Waals surface area contributed by atoms with Crippen LogP contribution < -0.4 is 5.32 Å². The van der Waals surface area contributed by atoms with E-state index in [1.165, 1.54) is 5.56 Å². The van der Waals surface area contributed by atoms with E-state index in [-0.39, 0.29) is 42.6 Å². The fraction of sp³-hybridized carbons (Fsp3) is 0.731. The number of amides is 1. The van der Waals surface area contributed by atoms with Crippen molar-refractivity contribution in [2.75, 3.05) is 33.8 Å². The molecule has 1 aromatic rings. The van der Waals surface area contributed by atoms with E-state index in [0.29, 0.717) is 13.0 Å². The lowest BCUT2D eigenvalue weighted by Gasteiger charge is -2.50. The molecule has 1 aromatic carbocycles. The second kappa shape index (κ2) is 9.91. The summed E-state index contributed by atoms with van der Waals surface area (Å²) in [5, 5.41) is 24.5. The van der Waals surface area contributed by atoms with Gasteiger partial charge in [0.1, 0.15) is 17.0 Å². The Bertz CT molecular complexity index is 863. The van der Waals surface area contributed by atoms with E-state index in [1.807, 2.05) is 11.1 Å². The average Bonchev–Trinajstić information content (AvgIpc) is 3.07. The first kappa shape index (κ1) is 25.1. The summed E-state index contributed by atoms with van der Waals surface area (Å²) < 4.78 is 0. The van der Waals surface area contributed by atoms with Crippen molar-refractivity contribution < 1.29 is 19.9 Å². The van der Waals surface area contributed by atoms with Crippen LogP contribution in [0.15, 0.2) is 30.3 Å². The van der Waals surface area contributed by atoms with Gasteiger partial charge in [0.25, 0.3) is 0 Å². The minimum Gasteiger partial charge on any atom is -0.395 e. The summed E-state index contributed by atoms with van der Waals surface area (Å²) in [7, 11) is 4.28. The molecule has 1 atom stereocenters. The second-order valence-corrected chi connectivity index (χ2v) is 10.9. The molecule has 188 valence electrons. The van der Waals surface area contributed by atoms with Crippen LogP contribution in [-0.2, 0) is 10.3 Å².